The largest absolute Gasteiger partial charge is 0.480 e. The molecule has 0 radical (unpaired) electrons. The molecule has 1 aromatic rings. The molecule has 0 aliphatic carbocycles. The van der Waals surface area contributed by atoms with Crippen molar-refractivity contribution >= 4 is 17.5 Å². The highest BCUT2D eigenvalue weighted by molar-refractivity contribution is 5.80. The third kappa shape index (κ3) is 2.82. The van der Waals surface area contributed by atoms with Crippen LogP contribution >= 0.6 is 0 Å². The van der Waals surface area contributed by atoms with Crippen molar-refractivity contribution in [1.29, 1.82) is 0 Å². The molecule has 2 N–H and O–H groups in total. The number of aromatic nitrogens is 2. The molecule has 0 saturated carbocycles. The van der Waals surface area contributed by atoms with Crippen molar-refractivity contribution in [3.05, 3.63) is 15.8 Å². The zero-order valence-electron chi connectivity index (χ0n) is 12.1. The number of nitro groups is 1. The fraction of sp³-hybridized carbons (Fsp3) is 0.667. The van der Waals surface area contributed by atoms with E-state index in [0.717, 1.165) is 6.42 Å². The Morgan fingerprint density at radius 1 is 1.62 bits per heavy atom. The molecule has 116 valence electrons. The molecule has 2 heterocycles. The molecule has 1 aliphatic rings. The van der Waals surface area contributed by atoms with E-state index in [-0.39, 0.29) is 18.1 Å². The Bertz CT molecular complexity index is 556. The van der Waals surface area contributed by atoms with Crippen LogP contribution in [0.5, 0.6) is 0 Å². The van der Waals surface area contributed by atoms with Crippen LogP contribution in [-0.4, -0.2) is 51.5 Å². The van der Waals surface area contributed by atoms with Gasteiger partial charge in [0.25, 0.3) is 0 Å². The Hall–Kier alpha value is -2.16. The molecule has 0 amide bonds. The first-order valence-electron chi connectivity index (χ1n) is 6.87. The van der Waals surface area contributed by atoms with Crippen molar-refractivity contribution in [3.63, 3.8) is 0 Å². The van der Waals surface area contributed by atoms with Crippen molar-refractivity contribution in [2.45, 2.75) is 25.8 Å². The Balaban J connectivity index is 2.50. The summed E-state index contributed by atoms with van der Waals surface area (Å²) in [4.78, 5) is 23.9. The summed E-state index contributed by atoms with van der Waals surface area (Å²) in [7, 11) is 1.61. The van der Waals surface area contributed by atoms with Crippen LogP contribution in [0.4, 0.5) is 11.5 Å². The number of aryl methyl sites for hydroxylation is 2. The maximum Gasteiger partial charge on any atom is 0.334 e. The summed E-state index contributed by atoms with van der Waals surface area (Å²) in [5.41, 5.74) is 0.329. The zero-order valence-corrected chi connectivity index (χ0v) is 12.1. The first-order valence-corrected chi connectivity index (χ1v) is 6.87. The SMILES string of the molecule is CCCc1nn(C)c(N2CCNCC2C(=O)O)c1[N+](=O)[O-]. The van der Waals surface area contributed by atoms with Gasteiger partial charge in [-0.2, -0.15) is 5.10 Å². The van der Waals surface area contributed by atoms with Gasteiger partial charge < -0.3 is 15.3 Å². The van der Waals surface area contributed by atoms with E-state index in [0.29, 0.717) is 25.2 Å². The van der Waals surface area contributed by atoms with Gasteiger partial charge in [0.1, 0.15) is 11.7 Å². The van der Waals surface area contributed by atoms with Gasteiger partial charge in [0.15, 0.2) is 0 Å². The highest BCUT2D eigenvalue weighted by Crippen LogP contribution is 2.33. The van der Waals surface area contributed by atoms with Crippen LogP contribution in [-0.2, 0) is 18.3 Å². The highest BCUT2D eigenvalue weighted by atomic mass is 16.6. The van der Waals surface area contributed by atoms with Crippen LogP contribution in [0, 0.1) is 10.1 Å². The zero-order chi connectivity index (χ0) is 15.6. The van der Waals surface area contributed by atoms with Crippen LogP contribution in [0.25, 0.3) is 0 Å². The van der Waals surface area contributed by atoms with Crippen molar-refractivity contribution in [1.82, 2.24) is 15.1 Å². The van der Waals surface area contributed by atoms with Gasteiger partial charge in [-0.05, 0) is 6.42 Å². The van der Waals surface area contributed by atoms with Gasteiger partial charge in [-0.15, -0.1) is 0 Å². The molecule has 1 atom stereocenters. The van der Waals surface area contributed by atoms with Crippen LogP contribution < -0.4 is 10.2 Å². The lowest BCUT2D eigenvalue weighted by Gasteiger charge is -2.34. The summed E-state index contributed by atoms with van der Waals surface area (Å²) in [6.45, 7) is 3.14. The standard InChI is InChI=1S/C12H19N5O4/c1-3-4-8-10(17(20)21)11(15(2)14-8)16-6-5-13-7-9(16)12(18)19/h9,13H,3-7H2,1-2H3,(H,18,19). The van der Waals surface area contributed by atoms with Gasteiger partial charge in [-0.25, -0.2) is 9.48 Å². The van der Waals surface area contributed by atoms with Crippen molar-refractivity contribution < 1.29 is 14.8 Å². The fourth-order valence-electron chi connectivity index (χ4n) is 2.65. The molecule has 2 rings (SSSR count). The van der Waals surface area contributed by atoms with Gasteiger partial charge in [0, 0.05) is 26.7 Å². The second kappa shape index (κ2) is 6.08. The maximum absolute atomic E-state index is 11.4. The summed E-state index contributed by atoms with van der Waals surface area (Å²) in [6, 6.07) is -0.831. The summed E-state index contributed by atoms with van der Waals surface area (Å²) in [6.07, 6.45) is 1.23. The minimum atomic E-state index is -1.00. The molecule has 1 aliphatic heterocycles. The van der Waals surface area contributed by atoms with Crippen LogP contribution in [0.1, 0.15) is 19.0 Å². The van der Waals surface area contributed by atoms with E-state index in [1.54, 1.807) is 11.9 Å². The summed E-state index contributed by atoms with van der Waals surface area (Å²) in [5, 5.41) is 27.9. The summed E-state index contributed by atoms with van der Waals surface area (Å²) < 4.78 is 1.42. The number of rotatable bonds is 5. The molecule has 1 unspecified atom stereocenters. The van der Waals surface area contributed by atoms with Gasteiger partial charge in [-0.1, -0.05) is 13.3 Å². The van der Waals surface area contributed by atoms with E-state index in [9.17, 15) is 20.0 Å². The van der Waals surface area contributed by atoms with Crippen molar-refractivity contribution in [3.8, 4) is 0 Å². The highest BCUT2D eigenvalue weighted by Gasteiger charge is 2.37. The number of carboxylic acids is 1. The number of carbonyl (C=O) groups is 1. The Morgan fingerprint density at radius 3 is 2.90 bits per heavy atom. The second-order valence-corrected chi connectivity index (χ2v) is 5.00. The molecule has 9 heteroatoms. The van der Waals surface area contributed by atoms with Gasteiger partial charge in [0.05, 0.1) is 4.92 Å². The predicted molar refractivity (Wildman–Crippen MR) is 75.5 cm³/mol. The second-order valence-electron chi connectivity index (χ2n) is 5.00. The smallest absolute Gasteiger partial charge is 0.334 e. The molecule has 21 heavy (non-hydrogen) atoms. The summed E-state index contributed by atoms with van der Waals surface area (Å²) in [5.74, 6) is -0.730. The molecular formula is C12H19N5O4. The molecule has 0 bridgehead atoms. The lowest BCUT2D eigenvalue weighted by molar-refractivity contribution is -0.384. The first-order chi connectivity index (χ1) is 9.97. The predicted octanol–water partition coefficient (Wildman–Crippen LogP) is 0.144. The summed E-state index contributed by atoms with van der Waals surface area (Å²) >= 11 is 0. The topological polar surface area (TPSA) is 114 Å². The molecule has 0 aromatic carbocycles. The minimum absolute atomic E-state index is 0.0764. The third-order valence-electron chi connectivity index (χ3n) is 3.53. The van der Waals surface area contributed by atoms with E-state index < -0.39 is 16.9 Å². The monoisotopic (exact) mass is 297 g/mol. The number of carboxylic acid groups (broad SMARTS) is 1. The van der Waals surface area contributed by atoms with E-state index in [1.165, 1.54) is 4.68 Å². The van der Waals surface area contributed by atoms with E-state index in [4.69, 9.17) is 0 Å². The fourth-order valence-corrected chi connectivity index (χ4v) is 2.65. The maximum atomic E-state index is 11.4. The molecule has 9 nitrogen and oxygen atoms in total. The Kier molecular flexibility index (Phi) is 4.41. The van der Waals surface area contributed by atoms with Crippen LogP contribution in [0.3, 0.4) is 0 Å². The van der Waals surface area contributed by atoms with Crippen molar-refractivity contribution in [2.75, 3.05) is 24.5 Å². The van der Waals surface area contributed by atoms with E-state index in [2.05, 4.69) is 10.4 Å². The Morgan fingerprint density at radius 2 is 2.33 bits per heavy atom. The lowest BCUT2D eigenvalue weighted by atomic mass is 10.1. The molecule has 1 aromatic heterocycles. The number of hydrogen-bond donors (Lipinski definition) is 2. The first kappa shape index (κ1) is 15.2. The lowest BCUT2D eigenvalue weighted by Crippen LogP contribution is -2.55. The average Bonchev–Trinajstić information content (AvgIpc) is 2.75. The van der Waals surface area contributed by atoms with E-state index in [1.807, 2.05) is 6.92 Å². The number of nitrogens with one attached hydrogen (secondary N) is 1. The average molecular weight is 297 g/mol. The Labute approximate surface area is 121 Å². The van der Waals surface area contributed by atoms with Gasteiger partial charge >= 0.3 is 11.7 Å². The molecule has 0 spiro atoms. The quantitative estimate of drug-likeness (QED) is 0.587. The number of anilines is 1. The van der Waals surface area contributed by atoms with Gasteiger partial charge in [0.2, 0.25) is 5.82 Å². The van der Waals surface area contributed by atoms with Crippen LogP contribution in [0.15, 0.2) is 0 Å². The van der Waals surface area contributed by atoms with Gasteiger partial charge in [-0.3, -0.25) is 10.1 Å². The van der Waals surface area contributed by atoms with Crippen molar-refractivity contribution in [2.24, 2.45) is 7.05 Å². The van der Waals surface area contributed by atoms with Crippen LogP contribution in [0.2, 0.25) is 0 Å². The minimum Gasteiger partial charge on any atom is -0.480 e. The molecule has 1 saturated heterocycles. The normalized spacial score (nSPS) is 18.8. The number of hydrogen-bond acceptors (Lipinski definition) is 6. The third-order valence-corrected chi connectivity index (χ3v) is 3.53. The number of aliphatic carboxylic acids is 1. The number of piperazine rings is 1. The molecule has 1 fully saturated rings. The molecular weight excluding hydrogens is 278 g/mol. The number of nitrogens with zero attached hydrogens (tertiary/aromatic N) is 4. The van der Waals surface area contributed by atoms with E-state index >= 15 is 0 Å².